The molecule has 1 atom stereocenters. The minimum Gasteiger partial charge on any atom is -0.389 e. The van der Waals surface area contributed by atoms with E-state index in [4.69, 9.17) is 4.74 Å². The summed E-state index contributed by atoms with van der Waals surface area (Å²) in [6, 6.07) is 6.34. The predicted molar refractivity (Wildman–Crippen MR) is 77.7 cm³/mol. The number of ether oxygens (including phenoxy) is 1. The Bertz CT molecular complexity index is 473. The van der Waals surface area contributed by atoms with E-state index in [0.717, 1.165) is 18.4 Å². The van der Waals surface area contributed by atoms with Gasteiger partial charge in [-0.15, -0.1) is 0 Å². The highest BCUT2D eigenvalue weighted by atomic mass is 16.5. The number of aliphatic hydroxyl groups is 1. The Labute approximate surface area is 120 Å². The van der Waals surface area contributed by atoms with Gasteiger partial charge >= 0.3 is 0 Å². The van der Waals surface area contributed by atoms with Crippen molar-refractivity contribution in [2.45, 2.75) is 31.8 Å². The summed E-state index contributed by atoms with van der Waals surface area (Å²) >= 11 is 0. The van der Waals surface area contributed by atoms with Crippen LogP contribution in [0.4, 0.5) is 0 Å². The maximum atomic E-state index is 12.1. The van der Waals surface area contributed by atoms with Gasteiger partial charge in [-0.1, -0.05) is 18.2 Å². The molecule has 0 fully saturated rings. The van der Waals surface area contributed by atoms with E-state index in [2.05, 4.69) is 12.1 Å². The minimum atomic E-state index is -0.631. The molecule has 0 saturated heterocycles. The molecule has 0 heterocycles. The molecule has 1 amide bonds. The zero-order valence-electron chi connectivity index (χ0n) is 12.3. The second kappa shape index (κ2) is 6.86. The lowest BCUT2D eigenvalue weighted by atomic mass is 10.0. The van der Waals surface area contributed by atoms with E-state index in [9.17, 15) is 9.90 Å². The summed E-state index contributed by atoms with van der Waals surface area (Å²) in [5, 5.41) is 9.64. The first kappa shape index (κ1) is 15.0. The average molecular weight is 277 g/mol. The largest absolute Gasteiger partial charge is 0.389 e. The summed E-state index contributed by atoms with van der Waals surface area (Å²) in [5.41, 5.74) is 3.87. The van der Waals surface area contributed by atoms with E-state index in [1.54, 1.807) is 11.9 Å². The summed E-state index contributed by atoms with van der Waals surface area (Å²) in [7, 11) is 3.25. The van der Waals surface area contributed by atoms with Crippen LogP contribution in [0.3, 0.4) is 0 Å². The van der Waals surface area contributed by atoms with Crippen LogP contribution in [0.1, 0.15) is 23.1 Å². The fourth-order valence-electron chi connectivity index (χ4n) is 2.71. The lowest BCUT2D eigenvalue weighted by molar-refractivity contribution is -0.130. The van der Waals surface area contributed by atoms with Crippen LogP contribution in [0.15, 0.2) is 18.2 Å². The molecule has 2 rings (SSSR count). The van der Waals surface area contributed by atoms with Crippen LogP contribution in [0, 0.1) is 0 Å². The van der Waals surface area contributed by atoms with Crippen molar-refractivity contribution in [2.24, 2.45) is 0 Å². The summed E-state index contributed by atoms with van der Waals surface area (Å²) in [6.07, 6.45) is 3.26. The van der Waals surface area contributed by atoms with E-state index < -0.39 is 6.10 Å². The van der Waals surface area contributed by atoms with Gasteiger partial charge in [0.1, 0.15) is 0 Å². The third kappa shape index (κ3) is 3.81. The Morgan fingerprint density at radius 2 is 2.15 bits per heavy atom. The molecule has 4 heteroatoms. The van der Waals surface area contributed by atoms with E-state index in [-0.39, 0.29) is 12.5 Å². The van der Waals surface area contributed by atoms with Gasteiger partial charge in [0, 0.05) is 20.7 Å². The second-order valence-electron chi connectivity index (χ2n) is 5.52. The zero-order chi connectivity index (χ0) is 14.5. The number of aryl methyl sites for hydroxylation is 2. The van der Waals surface area contributed by atoms with E-state index in [1.807, 2.05) is 6.07 Å². The van der Waals surface area contributed by atoms with E-state index in [1.165, 1.54) is 24.7 Å². The Morgan fingerprint density at radius 3 is 2.90 bits per heavy atom. The van der Waals surface area contributed by atoms with Gasteiger partial charge in [-0.25, -0.2) is 0 Å². The maximum Gasteiger partial charge on any atom is 0.226 e. The summed E-state index contributed by atoms with van der Waals surface area (Å²) in [6.45, 7) is 0.550. The van der Waals surface area contributed by atoms with Gasteiger partial charge in [0.25, 0.3) is 0 Å². The predicted octanol–water partition coefficient (Wildman–Crippen LogP) is 1.18. The number of methoxy groups -OCH3 is 1. The van der Waals surface area contributed by atoms with Crippen molar-refractivity contribution in [2.75, 3.05) is 27.3 Å². The monoisotopic (exact) mass is 277 g/mol. The molecular formula is C16H23NO3. The van der Waals surface area contributed by atoms with Crippen LogP contribution in [-0.2, 0) is 28.8 Å². The van der Waals surface area contributed by atoms with Gasteiger partial charge in [0.15, 0.2) is 0 Å². The number of carbonyl (C=O) groups is 1. The molecule has 1 aliphatic carbocycles. The summed E-state index contributed by atoms with van der Waals surface area (Å²) in [5.74, 6) is 0.0260. The number of carbonyl (C=O) groups excluding carboxylic acids is 1. The number of hydrogen-bond acceptors (Lipinski definition) is 3. The fraction of sp³-hybridized carbons (Fsp3) is 0.562. The van der Waals surface area contributed by atoms with Gasteiger partial charge in [0.05, 0.1) is 19.1 Å². The molecule has 0 saturated carbocycles. The molecule has 1 unspecified atom stereocenters. The summed E-state index contributed by atoms with van der Waals surface area (Å²) < 4.78 is 4.86. The Kier molecular flexibility index (Phi) is 5.15. The van der Waals surface area contributed by atoms with Gasteiger partial charge < -0.3 is 14.7 Å². The Hall–Kier alpha value is -1.39. The van der Waals surface area contributed by atoms with Gasteiger partial charge in [0.2, 0.25) is 5.91 Å². The molecule has 0 spiro atoms. The van der Waals surface area contributed by atoms with Crippen molar-refractivity contribution in [1.29, 1.82) is 0 Å². The lowest BCUT2D eigenvalue weighted by Gasteiger charge is -2.20. The highest BCUT2D eigenvalue weighted by Gasteiger charge is 2.16. The first-order chi connectivity index (χ1) is 9.60. The molecule has 20 heavy (non-hydrogen) atoms. The number of likely N-dealkylation sites (N-methyl/N-ethyl adjacent to an activating group) is 1. The number of benzene rings is 1. The van der Waals surface area contributed by atoms with Crippen LogP contribution in [-0.4, -0.2) is 49.3 Å². The van der Waals surface area contributed by atoms with Crippen molar-refractivity contribution in [1.82, 2.24) is 4.90 Å². The number of rotatable bonds is 6. The van der Waals surface area contributed by atoms with Crippen molar-refractivity contribution < 1.29 is 14.6 Å². The first-order valence-corrected chi connectivity index (χ1v) is 7.12. The Morgan fingerprint density at radius 1 is 1.40 bits per heavy atom. The first-order valence-electron chi connectivity index (χ1n) is 7.12. The highest BCUT2D eigenvalue weighted by Crippen LogP contribution is 2.23. The molecule has 1 aliphatic rings. The van der Waals surface area contributed by atoms with Crippen LogP contribution < -0.4 is 0 Å². The molecule has 110 valence electrons. The van der Waals surface area contributed by atoms with Crippen molar-refractivity contribution >= 4 is 5.91 Å². The number of aliphatic hydroxyl groups excluding tert-OH is 1. The molecule has 1 aromatic rings. The van der Waals surface area contributed by atoms with Gasteiger partial charge in [-0.05, 0) is 36.0 Å². The third-order valence-electron chi connectivity index (χ3n) is 3.79. The van der Waals surface area contributed by atoms with Crippen LogP contribution >= 0.6 is 0 Å². The third-order valence-corrected chi connectivity index (χ3v) is 3.79. The lowest BCUT2D eigenvalue weighted by Crippen LogP contribution is -2.37. The van der Waals surface area contributed by atoms with Crippen molar-refractivity contribution in [3.8, 4) is 0 Å². The number of fused-ring (bicyclic) bond motifs is 1. The van der Waals surface area contributed by atoms with Crippen LogP contribution in [0.5, 0.6) is 0 Å². The molecule has 0 aromatic heterocycles. The number of nitrogens with zero attached hydrogens (tertiary/aromatic N) is 1. The molecular weight excluding hydrogens is 254 g/mol. The molecule has 0 radical (unpaired) electrons. The average Bonchev–Trinajstić information content (AvgIpc) is 2.86. The van der Waals surface area contributed by atoms with E-state index in [0.29, 0.717) is 13.0 Å². The van der Waals surface area contributed by atoms with E-state index >= 15 is 0 Å². The fourth-order valence-corrected chi connectivity index (χ4v) is 2.71. The smallest absolute Gasteiger partial charge is 0.226 e. The standard InChI is InChI=1S/C16H23NO3/c1-17(10-15(18)11-20-2)16(19)9-12-6-7-13-4-3-5-14(13)8-12/h6-8,15,18H,3-5,9-11H2,1-2H3. The SMILES string of the molecule is COCC(O)CN(C)C(=O)Cc1ccc2c(c1)CCC2. The molecule has 1 aromatic carbocycles. The Balaban J connectivity index is 1.90. The van der Waals surface area contributed by atoms with Crippen molar-refractivity contribution in [3.63, 3.8) is 0 Å². The topological polar surface area (TPSA) is 49.8 Å². The van der Waals surface area contributed by atoms with Gasteiger partial charge in [-0.3, -0.25) is 4.79 Å². The van der Waals surface area contributed by atoms with Crippen molar-refractivity contribution in [3.05, 3.63) is 34.9 Å². The normalized spacial score (nSPS) is 14.9. The highest BCUT2D eigenvalue weighted by molar-refractivity contribution is 5.78. The molecule has 1 N–H and O–H groups in total. The van der Waals surface area contributed by atoms with Crippen LogP contribution in [0.2, 0.25) is 0 Å². The minimum absolute atomic E-state index is 0.0260. The quantitative estimate of drug-likeness (QED) is 0.849. The maximum absolute atomic E-state index is 12.1. The van der Waals surface area contributed by atoms with Crippen LogP contribution in [0.25, 0.3) is 0 Å². The number of hydrogen-bond donors (Lipinski definition) is 1. The second-order valence-corrected chi connectivity index (χ2v) is 5.52. The molecule has 4 nitrogen and oxygen atoms in total. The number of amides is 1. The summed E-state index contributed by atoms with van der Waals surface area (Å²) in [4.78, 5) is 13.7. The zero-order valence-corrected chi connectivity index (χ0v) is 12.3. The van der Waals surface area contributed by atoms with Gasteiger partial charge in [-0.2, -0.15) is 0 Å². The molecule has 0 aliphatic heterocycles. The molecule has 0 bridgehead atoms.